The highest BCUT2D eigenvalue weighted by Gasteiger charge is 2.33. The summed E-state index contributed by atoms with van der Waals surface area (Å²) in [5, 5.41) is 0. The van der Waals surface area contributed by atoms with Gasteiger partial charge in [-0.2, -0.15) is 0 Å². The summed E-state index contributed by atoms with van der Waals surface area (Å²) in [7, 11) is 0. The van der Waals surface area contributed by atoms with Gasteiger partial charge in [0, 0.05) is 6.92 Å². The van der Waals surface area contributed by atoms with Crippen molar-refractivity contribution in [2.75, 3.05) is 0 Å². The Balaban J connectivity index is 1.77. The van der Waals surface area contributed by atoms with E-state index in [9.17, 15) is 4.79 Å². The normalized spacial score (nSPS) is 19.7. The minimum absolute atomic E-state index is 0.0994. The first-order valence-corrected chi connectivity index (χ1v) is 13.5. The number of fused-ring (bicyclic) bond motifs is 1. The largest absolute Gasteiger partial charge is 0.487 e. The molecule has 3 nitrogen and oxygen atoms in total. The van der Waals surface area contributed by atoms with Crippen LogP contribution >= 0.6 is 0 Å². The predicted octanol–water partition coefficient (Wildman–Crippen LogP) is 8.75. The number of benzene rings is 1. The number of aryl methyl sites for hydroxylation is 1. The number of carbonyl (C=O) groups is 1. The third-order valence-electron chi connectivity index (χ3n) is 7.67. The zero-order valence-electron chi connectivity index (χ0n) is 22.8. The molecule has 0 aliphatic carbocycles. The molecule has 0 aromatic heterocycles. The fourth-order valence-corrected chi connectivity index (χ4v) is 5.19. The first-order chi connectivity index (χ1) is 15.5. The highest BCUT2D eigenvalue weighted by Crippen LogP contribution is 2.42. The lowest BCUT2D eigenvalue weighted by Crippen LogP contribution is -2.36. The molecule has 0 saturated heterocycles. The van der Waals surface area contributed by atoms with Crippen molar-refractivity contribution in [2.24, 2.45) is 17.8 Å². The van der Waals surface area contributed by atoms with Crippen molar-refractivity contribution in [3.63, 3.8) is 0 Å². The van der Waals surface area contributed by atoms with Gasteiger partial charge in [-0.3, -0.25) is 4.79 Å². The van der Waals surface area contributed by atoms with Crippen molar-refractivity contribution in [3.8, 4) is 11.5 Å². The molecule has 2 rings (SSSR count). The fourth-order valence-electron chi connectivity index (χ4n) is 5.19. The van der Waals surface area contributed by atoms with Gasteiger partial charge in [-0.1, -0.05) is 72.6 Å². The third kappa shape index (κ3) is 8.98. The molecular weight excluding hydrogens is 408 g/mol. The highest BCUT2D eigenvalue weighted by molar-refractivity contribution is 5.70. The second kappa shape index (κ2) is 12.8. The van der Waals surface area contributed by atoms with Crippen LogP contribution in [0.2, 0.25) is 0 Å². The van der Waals surface area contributed by atoms with Gasteiger partial charge in [0.15, 0.2) is 0 Å². The van der Waals surface area contributed by atoms with Gasteiger partial charge in [0.25, 0.3) is 0 Å². The molecule has 1 heterocycles. The topological polar surface area (TPSA) is 35.5 Å². The molecule has 0 spiro atoms. The SMILES string of the molecule is CC(=O)Oc1cc2c(c(C)c1C)O[C@](C)(CCC[C@H](C)CCC[C@H](C)CCCC(C)C)CC2. The molecular formula is C30H50O3. The van der Waals surface area contributed by atoms with Gasteiger partial charge < -0.3 is 9.47 Å². The van der Waals surface area contributed by atoms with Crippen LogP contribution in [0.4, 0.5) is 0 Å². The van der Waals surface area contributed by atoms with Crippen LogP contribution in [0.15, 0.2) is 6.07 Å². The number of esters is 1. The van der Waals surface area contributed by atoms with E-state index in [2.05, 4.69) is 41.5 Å². The van der Waals surface area contributed by atoms with Gasteiger partial charge in [0.1, 0.15) is 17.1 Å². The molecule has 0 unspecified atom stereocenters. The predicted molar refractivity (Wildman–Crippen MR) is 139 cm³/mol. The number of rotatable bonds is 13. The average Bonchev–Trinajstić information content (AvgIpc) is 2.72. The minimum atomic E-state index is -0.270. The molecule has 188 valence electrons. The number of hydrogen-bond acceptors (Lipinski definition) is 3. The van der Waals surface area contributed by atoms with Crippen molar-refractivity contribution in [2.45, 2.75) is 132 Å². The summed E-state index contributed by atoms with van der Waals surface area (Å²) in [6.45, 7) is 17.3. The van der Waals surface area contributed by atoms with Crippen LogP contribution in [0.5, 0.6) is 11.5 Å². The van der Waals surface area contributed by atoms with Gasteiger partial charge in [0.05, 0.1) is 0 Å². The van der Waals surface area contributed by atoms with Gasteiger partial charge in [-0.25, -0.2) is 0 Å². The summed E-state index contributed by atoms with van der Waals surface area (Å²) in [5.74, 6) is 3.92. The van der Waals surface area contributed by atoms with Crippen LogP contribution in [0.1, 0.15) is 122 Å². The van der Waals surface area contributed by atoms with E-state index in [1.165, 1.54) is 63.9 Å². The Bertz CT molecular complexity index is 766. The van der Waals surface area contributed by atoms with Crippen LogP contribution in [0.25, 0.3) is 0 Å². The maximum absolute atomic E-state index is 11.4. The molecule has 0 saturated carbocycles. The van der Waals surface area contributed by atoms with Gasteiger partial charge in [-0.05, 0) is 87.0 Å². The average molecular weight is 459 g/mol. The Morgan fingerprint density at radius 3 is 2.12 bits per heavy atom. The van der Waals surface area contributed by atoms with E-state index in [4.69, 9.17) is 9.47 Å². The summed E-state index contributed by atoms with van der Waals surface area (Å²) in [5.41, 5.74) is 3.17. The van der Waals surface area contributed by atoms with Crippen LogP contribution in [0.3, 0.4) is 0 Å². The molecule has 1 aliphatic heterocycles. The number of carbonyl (C=O) groups excluding carboxylic acids is 1. The Hall–Kier alpha value is -1.51. The number of hydrogen-bond donors (Lipinski definition) is 0. The summed E-state index contributed by atoms with van der Waals surface area (Å²) in [4.78, 5) is 11.4. The molecule has 3 atom stereocenters. The third-order valence-corrected chi connectivity index (χ3v) is 7.67. The Morgan fingerprint density at radius 1 is 0.970 bits per heavy atom. The van der Waals surface area contributed by atoms with Gasteiger partial charge in [0.2, 0.25) is 0 Å². The van der Waals surface area contributed by atoms with Crippen molar-refractivity contribution >= 4 is 5.97 Å². The van der Waals surface area contributed by atoms with Crippen molar-refractivity contribution < 1.29 is 14.3 Å². The molecule has 0 N–H and O–H groups in total. The van der Waals surface area contributed by atoms with E-state index in [1.807, 2.05) is 13.0 Å². The lowest BCUT2D eigenvalue weighted by atomic mass is 9.85. The Kier molecular flexibility index (Phi) is 10.8. The molecule has 0 radical (unpaired) electrons. The van der Waals surface area contributed by atoms with Crippen LogP contribution in [-0.2, 0) is 11.2 Å². The standard InChI is InChI=1S/C30H50O3/c1-21(2)12-9-13-22(3)14-10-15-23(4)16-11-18-30(8)19-17-27-20-28(32-26(7)31)24(5)25(6)29(27)33-30/h20-23H,9-19H2,1-8H3/t22-,23-,30-/m1/s1. The minimum Gasteiger partial charge on any atom is -0.487 e. The molecule has 1 aromatic carbocycles. The van der Waals surface area contributed by atoms with E-state index >= 15 is 0 Å². The monoisotopic (exact) mass is 458 g/mol. The lowest BCUT2D eigenvalue weighted by molar-refractivity contribution is -0.131. The molecule has 0 bridgehead atoms. The quantitative estimate of drug-likeness (QED) is 0.219. The van der Waals surface area contributed by atoms with Crippen molar-refractivity contribution in [1.29, 1.82) is 0 Å². The molecule has 0 amide bonds. The van der Waals surface area contributed by atoms with Crippen molar-refractivity contribution in [1.82, 2.24) is 0 Å². The fraction of sp³-hybridized carbons (Fsp3) is 0.767. The molecule has 1 aliphatic rings. The van der Waals surface area contributed by atoms with E-state index < -0.39 is 0 Å². The summed E-state index contributed by atoms with van der Waals surface area (Å²) in [6.07, 6.45) is 13.9. The highest BCUT2D eigenvalue weighted by atomic mass is 16.5. The maximum Gasteiger partial charge on any atom is 0.308 e. The smallest absolute Gasteiger partial charge is 0.308 e. The summed E-state index contributed by atoms with van der Waals surface area (Å²) < 4.78 is 12.0. The lowest BCUT2D eigenvalue weighted by Gasteiger charge is -2.37. The first-order valence-electron chi connectivity index (χ1n) is 13.5. The zero-order chi connectivity index (χ0) is 24.6. The summed E-state index contributed by atoms with van der Waals surface area (Å²) >= 11 is 0. The first kappa shape index (κ1) is 27.7. The molecule has 1 aromatic rings. The van der Waals surface area contributed by atoms with E-state index in [-0.39, 0.29) is 11.6 Å². The maximum atomic E-state index is 11.4. The van der Waals surface area contributed by atoms with Crippen LogP contribution in [0, 0.1) is 31.6 Å². The van der Waals surface area contributed by atoms with Gasteiger partial charge in [-0.15, -0.1) is 0 Å². The Labute approximate surface area is 204 Å². The van der Waals surface area contributed by atoms with Crippen LogP contribution < -0.4 is 9.47 Å². The van der Waals surface area contributed by atoms with E-state index in [0.717, 1.165) is 53.9 Å². The second-order valence-electron chi connectivity index (χ2n) is 11.6. The molecule has 3 heteroatoms. The Morgan fingerprint density at radius 2 is 1.55 bits per heavy atom. The van der Waals surface area contributed by atoms with Gasteiger partial charge >= 0.3 is 5.97 Å². The molecule has 0 fully saturated rings. The zero-order valence-corrected chi connectivity index (χ0v) is 22.8. The molecule has 33 heavy (non-hydrogen) atoms. The second-order valence-corrected chi connectivity index (χ2v) is 11.6. The number of ether oxygens (including phenoxy) is 2. The van der Waals surface area contributed by atoms with E-state index in [1.54, 1.807) is 0 Å². The van der Waals surface area contributed by atoms with Crippen molar-refractivity contribution in [3.05, 3.63) is 22.8 Å². The van der Waals surface area contributed by atoms with E-state index in [0.29, 0.717) is 5.75 Å². The van der Waals surface area contributed by atoms with Crippen LogP contribution in [-0.4, -0.2) is 11.6 Å². The summed E-state index contributed by atoms with van der Waals surface area (Å²) in [6, 6.07) is 2.00.